The minimum Gasteiger partial charge on any atom is -0.582 e. The lowest BCUT2D eigenvalue weighted by Crippen LogP contribution is -1.85. The molecule has 0 heterocycles. The van der Waals surface area contributed by atoms with Gasteiger partial charge in [0.05, 0.1) is 7.11 Å². The standard InChI is InChI=1S/C8H10O2/c1-9-7-5-3-4-6-8(7)10-2/h3-6H,1-2H3/p+1. The molecular weight excluding hydrogens is 128 g/mol. The zero-order valence-electron chi connectivity index (χ0n) is 6.16. The lowest BCUT2D eigenvalue weighted by Gasteiger charge is -2.01. The Kier molecular flexibility index (Phi) is 2.15. The van der Waals surface area contributed by atoms with E-state index >= 15 is 0 Å². The second kappa shape index (κ2) is 3.11. The highest BCUT2D eigenvalue weighted by atomic mass is 16.5. The van der Waals surface area contributed by atoms with Crippen LogP contribution in [0.1, 0.15) is 0 Å². The fraction of sp³-hybridized carbons (Fsp3) is 0.250. The summed E-state index contributed by atoms with van der Waals surface area (Å²) >= 11 is 0. The van der Waals surface area contributed by atoms with Gasteiger partial charge in [-0.1, -0.05) is 12.1 Å². The third kappa shape index (κ3) is 1.21. The molecule has 0 aromatic heterocycles. The van der Waals surface area contributed by atoms with Crippen LogP contribution in [0.25, 0.3) is 0 Å². The summed E-state index contributed by atoms with van der Waals surface area (Å²) in [6.07, 6.45) is 0. The molecule has 2 nitrogen and oxygen atoms in total. The Morgan fingerprint density at radius 2 is 2.00 bits per heavy atom. The Bertz CT molecular complexity index is 185. The van der Waals surface area contributed by atoms with Gasteiger partial charge in [0.1, 0.15) is 0 Å². The summed E-state index contributed by atoms with van der Waals surface area (Å²) in [6.45, 7) is 0. The summed E-state index contributed by atoms with van der Waals surface area (Å²) in [4.78, 5) is 0. The predicted octanol–water partition coefficient (Wildman–Crippen LogP) is 1.57. The molecule has 0 spiro atoms. The monoisotopic (exact) mass is 139 g/mol. The molecule has 0 atom stereocenters. The third-order valence-corrected chi connectivity index (χ3v) is 1.33. The first-order valence-electron chi connectivity index (χ1n) is 3.11. The number of hydrogen-bond acceptors (Lipinski definition) is 1. The van der Waals surface area contributed by atoms with Crippen molar-refractivity contribution in [3.63, 3.8) is 0 Å². The van der Waals surface area contributed by atoms with Gasteiger partial charge in [-0.15, -0.1) is 0 Å². The number of rotatable bonds is 2. The smallest absolute Gasteiger partial charge is 0.297 e. The van der Waals surface area contributed by atoms with Gasteiger partial charge in [-0.3, -0.25) is 0 Å². The summed E-state index contributed by atoms with van der Waals surface area (Å²) in [5.74, 6) is 1.72. The topological polar surface area (TPSA) is 22.0 Å². The quantitative estimate of drug-likeness (QED) is 0.570. The number of benzene rings is 1. The normalized spacial score (nSPS) is 9.00. The summed E-state index contributed by atoms with van der Waals surface area (Å²) in [5, 5.41) is 0. The number of methoxy groups -OCH3 is 1. The van der Waals surface area contributed by atoms with Crippen LogP contribution in [0.15, 0.2) is 24.3 Å². The maximum absolute atomic E-state index is 5.04. The van der Waals surface area contributed by atoms with Gasteiger partial charge in [-0.2, -0.15) is 0 Å². The van der Waals surface area contributed by atoms with E-state index in [-0.39, 0.29) is 0 Å². The minimum atomic E-state index is 0.824. The van der Waals surface area contributed by atoms with Crippen LogP contribution in [-0.2, 0) is 0 Å². The number of ether oxygens (including phenoxy) is 2. The van der Waals surface area contributed by atoms with E-state index in [4.69, 9.17) is 4.74 Å². The minimum absolute atomic E-state index is 0.824. The van der Waals surface area contributed by atoms with Crippen molar-refractivity contribution in [3.05, 3.63) is 24.3 Å². The largest absolute Gasteiger partial charge is 0.582 e. The number of aliphatic hydroxyl groups is 1. The molecule has 1 aromatic rings. The van der Waals surface area contributed by atoms with E-state index in [0.717, 1.165) is 11.5 Å². The van der Waals surface area contributed by atoms with Gasteiger partial charge in [-0.05, 0) is 6.07 Å². The van der Waals surface area contributed by atoms with Crippen LogP contribution in [0.4, 0.5) is 0 Å². The Morgan fingerprint density at radius 3 is 2.50 bits per heavy atom. The Morgan fingerprint density at radius 1 is 1.30 bits per heavy atom. The van der Waals surface area contributed by atoms with E-state index in [9.17, 15) is 0 Å². The lowest BCUT2D eigenvalue weighted by molar-refractivity contribution is 0.128. The van der Waals surface area contributed by atoms with Crippen molar-refractivity contribution in [1.29, 1.82) is 0 Å². The van der Waals surface area contributed by atoms with Gasteiger partial charge in [0.25, 0.3) is 5.75 Å². The second-order valence-corrected chi connectivity index (χ2v) is 1.90. The van der Waals surface area contributed by atoms with Crippen molar-refractivity contribution in [3.8, 4) is 11.5 Å². The fourth-order valence-corrected chi connectivity index (χ4v) is 0.815. The van der Waals surface area contributed by atoms with Crippen molar-refractivity contribution in [2.75, 3.05) is 14.2 Å². The molecule has 1 rings (SSSR count). The number of para-hydroxylation sites is 2. The molecule has 0 saturated heterocycles. The van der Waals surface area contributed by atoms with Crippen LogP contribution in [0.2, 0.25) is 0 Å². The Hall–Kier alpha value is -1.18. The molecule has 10 heavy (non-hydrogen) atoms. The van der Waals surface area contributed by atoms with Crippen LogP contribution in [0, 0.1) is 0 Å². The molecule has 1 N–H and O–H groups in total. The van der Waals surface area contributed by atoms with Crippen LogP contribution in [0.3, 0.4) is 0 Å². The van der Waals surface area contributed by atoms with Crippen molar-refractivity contribution in [1.82, 2.24) is 0 Å². The van der Waals surface area contributed by atoms with Crippen molar-refractivity contribution < 1.29 is 9.47 Å². The number of aromatic hydroxyl groups is 1. The van der Waals surface area contributed by atoms with Gasteiger partial charge in [-0.25, -0.2) is 0 Å². The summed E-state index contributed by atoms with van der Waals surface area (Å²) in [7, 11) is 3.39. The average molecular weight is 139 g/mol. The highest BCUT2D eigenvalue weighted by Crippen LogP contribution is 2.25. The van der Waals surface area contributed by atoms with E-state index < -0.39 is 0 Å². The van der Waals surface area contributed by atoms with Gasteiger partial charge in [0.2, 0.25) is 5.75 Å². The predicted molar refractivity (Wildman–Crippen MR) is 40.6 cm³/mol. The fourth-order valence-electron chi connectivity index (χ4n) is 0.815. The molecule has 0 aliphatic carbocycles. The summed E-state index contributed by atoms with van der Waals surface area (Å²) in [6, 6.07) is 7.67. The van der Waals surface area contributed by atoms with Crippen molar-refractivity contribution in [2.45, 2.75) is 0 Å². The SMILES string of the molecule is COc1ccccc1[OH+]C. The molecule has 0 unspecified atom stereocenters. The van der Waals surface area contributed by atoms with E-state index in [1.54, 1.807) is 14.2 Å². The van der Waals surface area contributed by atoms with E-state index in [2.05, 4.69) is 4.74 Å². The molecule has 0 saturated carbocycles. The molecule has 0 aliphatic rings. The van der Waals surface area contributed by atoms with Crippen LogP contribution in [0.5, 0.6) is 11.5 Å². The Labute approximate surface area is 60.4 Å². The molecule has 1 aromatic carbocycles. The van der Waals surface area contributed by atoms with Gasteiger partial charge in [0.15, 0.2) is 7.11 Å². The van der Waals surface area contributed by atoms with E-state index in [0.29, 0.717) is 0 Å². The highest BCUT2D eigenvalue weighted by molar-refractivity contribution is 5.38. The first-order chi connectivity index (χ1) is 4.88. The van der Waals surface area contributed by atoms with Crippen molar-refractivity contribution in [2.24, 2.45) is 0 Å². The zero-order valence-corrected chi connectivity index (χ0v) is 6.16. The first kappa shape index (κ1) is 6.93. The van der Waals surface area contributed by atoms with Crippen LogP contribution >= 0.6 is 0 Å². The van der Waals surface area contributed by atoms with Crippen LogP contribution in [-0.4, -0.2) is 19.0 Å². The summed E-state index contributed by atoms with van der Waals surface area (Å²) in [5.41, 5.74) is 0. The second-order valence-electron chi connectivity index (χ2n) is 1.90. The van der Waals surface area contributed by atoms with E-state index in [1.807, 2.05) is 24.3 Å². The van der Waals surface area contributed by atoms with Gasteiger partial charge in [0, 0.05) is 6.07 Å². The average Bonchev–Trinajstić information content (AvgIpc) is 2.04. The van der Waals surface area contributed by atoms with Gasteiger partial charge < -0.3 is 9.47 Å². The zero-order chi connectivity index (χ0) is 7.40. The maximum atomic E-state index is 5.04. The molecule has 54 valence electrons. The first-order valence-corrected chi connectivity index (χ1v) is 3.11. The molecule has 0 radical (unpaired) electrons. The molecule has 0 amide bonds. The molecule has 2 heteroatoms. The third-order valence-electron chi connectivity index (χ3n) is 1.33. The van der Waals surface area contributed by atoms with E-state index in [1.165, 1.54) is 0 Å². The van der Waals surface area contributed by atoms with Gasteiger partial charge >= 0.3 is 0 Å². The number of hydrogen-bond donors (Lipinski definition) is 0. The molecule has 0 fully saturated rings. The lowest BCUT2D eigenvalue weighted by atomic mass is 10.3. The molecule has 0 aliphatic heterocycles. The molecular formula is C8H11O2+. The highest BCUT2D eigenvalue weighted by Gasteiger charge is 2.02. The molecule has 0 bridgehead atoms. The summed E-state index contributed by atoms with van der Waals surface area (Å²) < 4.78 is 9.06. The van der Waals surface area contributed by atoms with Crippen molar-refractivity contribution >= 4 is 0 Å². The van der Waals surface area contributed by atoms with Crippen LogP contribution < -0.4 is 4.74 Å². The Balaban J connectivity index is 2.96. The maximum Gasteiger partial charge on any atom is 0.297 e.